The molecule has 0 saturated heterocycles. The molecule has 7 aromatic rings. The Kier molecular flexibility index (Phi) is 6.96. The van der Waals surface area contributed by atoms with Crippen LogP contribution in [-0.2, 0) is 31.1 Å². The van der Waals surface area contributed by atoms with Crippen molar-refractivity contribution < 1.29 is 0 Å². The average molecular weight is 682 g/mol. The van der Waals surface area contributed by atoms with Crippen molar-refractivity contribution in [3.8, 4) is 33.4 Å². The van der Waals surface area contributed by atoms with Crippen LogP contribution in [0.3, 0.4) is 0 Å². The smallest absolute Gasteiger partial charge is 0.0726 e. The second-order valence-electron chi connectivity index (χ2n) is 15.7. The van der Waals surface area contributed by atoms with Crippen LogP contribution in [0.5, 0.6) is 0 Å². The second kappa shape index (κ2) is 11.9. The molecule has 0 unspecified atom stereocenters. The first-order chi connectivity index (χ1) is 26.2. The molecule has 0 bridgehead atoms. The van der Waals surface area contributed by atoms with Gasteiger partial charge in [-0.3, -0.25) is 0 Å². The van der Waals surface area contributed by atoms with Gasteiger partial charge in [0, 0.05) is 16.9 Å². The van der Waals surface area contributed by atoms with E-state index >= 15 is 0 Å². The highest BCUT2D eigenvalue weighted by Gasteiger charge is 2.52. The van der Waals surface area contributed by atoms with Gasteiger partial charge in [0.2, 0.25) is 0 Å². The maximum absolute atomic E-state index is 2.62. The first-order valence-electron chi connectivity index (χ1n) is 19.8. The summed E-state index contributed by atoms with van der Waals surface area (Å²) in [7, 11) is 0. The van der Waals surface area contributed by atoms with Crippen LogP contribution in [0.1, 0.15) is 75.8 Å². The van der Waals surface area contributed by atoms with E-state index in [0.29, 0.717) is 0 Å². The standard InChI is InChI=1S/C52H43N/c1-34-30-36-17-5-6-18-37(36)31-50(34)53(38-20-3-2-4-21-38)51-33-49-44(32-45(51)40-26-15-19-35-16-7-8-22-39(35)40)43-25-11-14-29-48(43)52(49)46-27-12-9-23-41(46)42-24-10-13-28-47(42)52/h2-4,9-15,19-21,23-33H,5-8,16-18,22H2,1H3. The number of para-hydroxylation sites is 1. The number of rotatable bonds is 4. The Balaban J connectivity index is 1.28. The highest BCUT2D eigenvalue weighted by molar-refractivity contribution is 6.00. The predicted octanol–water partition coefficient (Wildman–Crippen LogP) is 13.2. The summed E-state index contributed by atoms with van der Waals surface area (Å²) < 4.78 is 0. The minimum absolute atomic E-state index is 0.407. The number of anilines is 3. The van der Waals surface area contributed by atoms with Gasteiger partial charge in [-0.25, -0.2) is 0 Å². The molecule has 1 spiro atoms. The summed E-state index contributed by atoms with van der Waals surface area (Å²) in [5, 5.41) is 0. The Labute approximate surface area is 313 Å². The number of fused-ring (bicyclic) bond motifs is 12. The normalized spacial score (nSPS) is 15.6. The predicted molar refractivity (Wildman–Crippen MR) is 221 cm³/mol. The fourth-order valence-corrected chi connectivity index (χ4v) is 10.7. The summed E-state index contributed by atoms with van der Waals surface area (Å²) in [5.74, 6) is 0. The highest BCUT2D eigenvalue weighted by Crippen LogP contribution is 2.64. The summed E-state index contributed by atoms with van der Waals surface area (Å²) in [5.41, 5.74) is 24.5. The summed E-state index contributed by atoms with van der Waals surface area (Å²) >= 11 is 0. The zero-order valence-electron chi connectivity index (χ0n) is 30.5. The average Bonchev–Trinajstić information content (AvgIpc) is 3.68. The number of hydrogen-bond acceptors (Lipinski definition) is 1. The maximum Gasteiger partial charge on any atom is 0.0726 e. The lowest BCUT2D eigenvalue weighted by Gasteiger charge is -2.34. The van der Waals surface area contributed by atoms with Gasteiger partial charge in [-0.1, -0.05) is 115 Å². The van der Waals surface area contributed by atoms with Gasteiger partial charge in [0.1, 0.15) is 0 Å². The minimum atomic E-state index is -0.407. The molecule has 0 radical (unpaired) electrons. The largest absolute Gasteiger partial charge is 0.310 e. The summed E-state index contributed by atoms with van der Waals surface area (Å²) in [6.45, 7) is 2.33. The van der Waals surface area contributed by atoms with Crippen molar-refractivity contribution in [2.45, 2.75) is 63.7 Å². The van der Waals surface area contributed by atoms with Crippen LogP contribution in [0, 0.1) is 6.92 Å². The lowest BCUT2D eigenvalue weighted by molar-refractivity contribution is 0.685. The van der Waals surface area contributed by atoms with Crippen LogP contribution >= 0.6 is 0 Å². The Morgan fingerprint density at radius 3 is 1.62 bits per heavy atom. The van der Waals surface area contributed by atoms with Gasteiger partial charge in [-0.15, -0.1) is 0 Å². The van der Waals surface area contributed by atoms with Crippen LogP contribution in [0.15, 0.2) is 146 Å². The van der Waals surface area contributed by atoms with Gasteiger partial charge < -0.3 is 4.90 Å². The molecular formula is C52H43N. The third-order valence-electron chi connectivity index (χ3n) is 13.0. The molecule has 11 rings (SSSR count). The molecule has 0 heterocycles. The van der Waals surface area contributed by atoms with Gasteiger partial charge in [-0.05, 0) is 167 Å². The van der Waals surface area contributed by atoms with Crippen molar-refractivity contribution in [3.63, 3.8) is 0 Å². The molecule has 256 valence electrons. The molecular weight excluding hydrogens is 639 g/mol. The zero-order chi connectivity index (χ0) is 35.1. The molecule has 4 aliphatic rings. The van der Waals surface area contributed by atoms with E-state index in [0.717, 1.165) is 19.3 Å². The minimum Gasteiger partial charge on any atom is -0.310 e. The lowest BCUT2D eigenvalue weighted by atomic mass is 9.70. The molecule has 0 atom stereocenters. The number of aryl methyl sites for hydroxylation is 4. The first kappa shape index (κ1) is 30.9. The molecule has 7 aromatic carbocycles. The van der Waals surface area contributed by atoms with Crippen molar-refractivity contribution in [1.29, 1.82) is 0 Å². The number of benzene rings is 7. The third kappa shape index (κ3) is 4.43. The highest BCUT2D eigenvalue weighted by atomic mass is 15.1. The fourth-order valence-electron chi connectivity index (χ4n) is 10.7. The van der Waals surface area contributed by atoms with Crippen molar-refractivity contribution in [2.75, 3.05) is 4.90 Å². The maximum atomic E-state index is 2.62. The van der Waals surface area contributed by atoms with E-state index in [1.165, 1.54) is 133 Å². The number of nitrogens with zero attached hydrogens (tertiary/aromatic N) is 1. The van der Waals surface area contributed by atoms with E-state index in [2.05, 4.69) is 157 Å². The quantitative estimate of drug-likeness (QED) is 0.179. The topological polar surface area (TPSA) is 3.24 Å². The van der Waals surface area contributed by atoms with Gasteiger partial charge in [0.05, 0.1) is 11.1 Å². The molecule has 0 saturated carbocycles. The third-order valence-corrected chi connectivity index (χ3v) is 13.0. The van der Waals surface area contributed by atoms with E-state index in [9.17, 15) is 0 Å². The van der Waals surface area contributed by atoms with Crippen LogP contribution < -0.4 is 4.90 Å². The molecule has 0 amide bonds. The van der Waals surface area contributed by atoms with Gasteiger partial charge in [0.25, 0.3) is 0 Å². The molecule has 0 aromatic heterocycles. The molecule has 0 aliphatic heterocycles. The van der Waals surface area contributed by atoms with E-state index in [-0.39, 0.29) is 0 Å². The Morgan fingerprint density at radius 1 is 0.396 bits per heavy atom. The lowest BCUT2D eigenvalue weighted by Crippen LogP contribution is -2.26. The summed E-state index contributed by atoms with van der Waals surface area (Å²) in [4.78, 5) is 2.62. The van der Waals surface area contributed by atoms with Crippen LogP contribution in [0.2, 0.25) is 0 Å². The first-order valence-corrected chi connectivity index (χ1v) is 19.8. The molecule has 1 nitrogen and oxygen atoms in total. The van der Waals surface area contributed by atoms with E-state index in [4.69, 9.17) is 0 Å². The van der Waals surface area contributed by atoms with Crippen molar-refractivity contribution in [3.05, 3.63) is 196 Å². The van der Waals surface area contributed by atoms with Crippen LogP contribution in [-0.4, -0.2) is 0 Å². The molecule has 0 N–H and O–H groups in total. The Morgan fingerprint density at radius 2 is 0.943 bits per heavy atom. The molecule has 1 heteroatoms. The summed E-state index contributed by atoms with van der Waals surface area (Å²) in [6, 6.07) is 56.1. The van der Waals surface area contributed by atoms with Gasteiger partial charge in [0.15, 0.2) is 0 Å². The van der Waals surface area contributed by atoms with E-state index in [1.807, 2.05) is 0 Å². The molecule has 0 fully saturated rings. The SMILES string of the molecule is Cc1cc2c(cc1N(c1ccccc1)c1cc3c(cc1-c1cccc4c1CCCC4)-c1ccccc1C31c3ccccc3-c3ccccc31)CCCC2. The number of hydrogen-bond donors (Lipinski definition) is 0. The van der Waals surface area contributed by atoms with E-state index in [1.54, 1.807) is 0 Å². The van der Waals surface area contributed by atoms with Gasteiger partial charge in [-0.2, -0.15) is 0 Å². The van der Waals surface area contributed by atoms with Crippen LogP contribution in [0.4, 0.5) is 17.1 Å². The Hall–Kier alpha value is -5.66. The van der Waals surface area contributed by atoms with Crippen molar-refractivity contribution in [1.82, 2.24) is 0 Å². The molecule has 4 aliphatic carbocycles. The zero-order valence-corrected chi connectivity index (χ0v) is 30.5. The molecule has 53 heavy (non-hydrogen) atoms. The summed E-state index contributed by atoms with van der Waals surface area (Å²) in [6.07, 6.45) is 9.70. The van der Waals surface area contributed by atoms with Crippen LogP contribution in [0.25, 0.3) is 33.4 Å². The van der Waals surface area contributed by atoms with Crippen molar-refractivity contribution in [2.24, 2.45) is 0 Å². The second-order valence-corrected chi connectivity index (χ2v) is 15.7. The van der Waals surface area contributed by atoms with E-state index < -0.39 is 5.41 Å². The Bertz CT molecular complexity index is 2540. The van der Waals surface area contributed by atoms with Gasteiger partial charge >= 0.3 is 0 Å². The monoisotopic (exact) mass is 681 g/mol. The fraction of sp³-hybridized carbons (Fsp3) is 0.192. The van der Waals surface area contributed by atoms with Crippen molar-refractivity contribution >= 4 is 17.1 Å².